The van der Waals surface area contributed by atoms with E-state index in [1.165, 1.54) is 0 Å². The number of anilines is 1. The van der Waals surface area contributed by atoms with E-state index >= 15 is 0 Å². The summed E-state index contributed by atoms with van der Waals surface area (Å²) >= 11 is 0. The molecule has 0 aliphatic carbocycles. The summed E-state index contributed by atoms with van der Waals surface area (Å²) in [7, 11) is 1.94. The predicted octanol–water partition coefficient (Wildman–Crippen LogP) is 1.99. The number of aromatic nitrogens is 1. The number of carbonyl (C=O) groups excluding carboxylic acids is 2. The Morgan fingerprint density at radius 2 is 2.00 bits per heavy atom. The van der Waals surface area contributed by atoms with Gasteiger partial charge in [0.2, 0.25) is 0 Å². The van der Waals surface area contributed by atoms with Crippen LogP contribution in [0.3, 0.4) is 0 Å². The number of piperidine rings is 1. The summed E-state index contributed by atoms with van der Waals surface area (Å²) in [5.74, 6) is 0.578. The van der Waals surface area contributed by atoms with E-state index in [-0.39, 0.29) is 12.0 Å². The highest BCUT2D eigenvalue weighted by Gasteiger charge is 2.45. The van der Waals surface area contributed by atoms with Crippen LogP contribution in [0.1, 0.15) is 44.0 Å². The van der Waals surface area contributed by atoms with Crippen LogP contribution in [0.5, 0.6) is 0 Å². The molecule has 7 nitrogen and oxygen atoms in total. The Hall–Kier alpha value is -2.31. The first kappa shape index (κ1) is 16.5. The van der Waals surface area contributed by atoms with Crippen molar-refractivity contribution in [1.29, 1.82) is 0 Å². The Morgan fingerprint density at radius 3 is 2.62 bits per heavy atom. The zero-order valence-corrected chi connectivity index (χ0v) is 14.6. The van der Waals surface area contributed by atoms with Gasteiger partial charge in [0.25, 0.3) is 5.91 Å². The molecule has 7 heteroatoms. The van der Waals surface area contributed by atoms with E-state index in [0.717, 1.165) is 0 Å². The lowest BCUT2D eigenvalue weighted by molar-refractivity contribution is 0.0146. The van der Waals surface area contributed by atoms with Crippen molar-refractivity contribution in [3.8, 4) is 0 Å². The molecule has 1 aromatic heterocycles. The molecule has 0 radical (unpaired) electrons. The number of carbonyl (C=O) groups is 2. The van der Waals surface area contributed by atoms with Crippen molar-refractivity contribution in [1.82, 2.24) is 15.2 Å². The third-order valence-electron chi connectivity index (χ3n) is 4.58. The van der Waals surface area contributed by atoms with Crippen molar-refractivity contribution < 1.29 is 14.3 Å². The highest BCUT2D eigenvalue weighted by molar-refractivity contribution is 6.01. The normalized spacial score (nSPS) is 19.8. The average molecular weight is 332 g/mol. The number of nitrogens with one attached hydrogen (secondary N) is 1. The van der Waals surface area contributed by atoms with Crippen LogP contribution >= 0.6 is 0 Å². The molecule has 3 rings (SSSR count). The molecule has 1 saturated heterocycles. The highest BCUT2D eigenvalue weighted by atomic mass is 16.6. The molecule has 2 aliphatic heterocycles. The third-order valence-corrected chi connectivity index (χ3v) is 4.58. The molecule has 0 saturated carbocycles. The fraction of sp³-hybridized carbons (Fsp3) is 0.588. The molecule has 0 aromatic carbocycles. The Morgan fingerprint density at radius 1 is 1.33 bits per heavy atom. The van der Waals surface area contributed by atoms with Crippen LogP contribution in [0, 0.1) is 0 Å². The number of pyridine rings is 1. The first-order valence-corrected chi connectivity index (χ1v) is 8.21. The monoisotopic (exact) mass is 332 g/mol. The number of amides is 2. The second kappa shape index (κ2) is 5.65. The molecule has 1 N–H and O–H groups in total. The van der Waals surface area contributed by atoms with E-state index in [4.69, 9.17) is 4.74 Å². The number of hydrogen-bond acceptors (Lipinski definition) is 5. The van der Waals surface area contributed by atoms with Gasteiger partial charge in [-0.1, -0.05) is 0 Å². The molecule has 24 heavy (non-hydrogen) atoms. The van der Waals surface area contributed by atoms with Crippen LogP contribution in [0.4, 0.5) is 10.6 Å². The average Bonchev–Trinajstić information content (AvgIpc) is 2.52. The van der Waals surface area contributed by atoms with Gasteiger partial charge in [-0.05, 0) is 32.9 Å². The molecule has 1 spiro atoms. The summed E-state index contributed by atoms with van der Waals surface area (Å²) in [6.45, 7) is 6.62. The standard InChI is InChI=1S/C17H24N4O3/c1-16(2,3)24-15(23)21-10-7-17(8-11-21)19-14(22)12-6-5-9-18-13(12)20(17)4/h5-6,9H,7-8,10-11H2,1-4H3,(H,19,22). The number of nitrogens with zero attached hydrogens (tertiary/aromatic N) is 3. The summed E-state index contributed by atoms with van der Waals surface area (Å²) in [5.41, 5.74) is -0.429. The quantitative estimate of drug-likeness (QED) is 0.786. The number of rotatable bonds is 0. The van der Waals surface area contributed by atoms with Gasteiger partial charge in [0, 0.05) is 39.2 Å². The van der Waals surface area contributed by atoms with Gasteiger partial charge in [0.05, 0.1) is 5.56 Å². The van der Waals surface area contributed by atoms with Crippen LogP contribution in [-0.2, 0) is 4.74 Å². The lowest BCUT2D eigenvalue weighted by Gasteiger charge is -2.50. The minimum absolute atomic E-state index is 0.109. The molecule has 0 bridgehead atoms. The van der Waals surface area contributed by atoms with Crippen LogP contribution in [0.2, 0.25) is 0 Å². The van der Waals surface area contributed by atoms with Gasteiger partial charge in [-0.3, -0.25) is 4.79 Å². The van der Waals surface area contributed by atoms with Crippen LogP contribution in [0.15, 0.2) is 18.3 Å². The second-order valence-corrected chi connectivity index (χ2v) is 7.39. The van der Waals surface area contributed by atoms with E-state index < -0.39 is 11.3 Å². The van der Waals surface area contributed by atoms with E-state index in [0.29, 0.717) is 37.3 Å². The Balaban J connectivity index is 1.74. The molecular formula is C17H24N4O3. The topological polar surface area (TPSA) is 74.8 Å². The number of hydrogen-bond donors (Lipinski definition) is 1. The Kier molecular flexibility index (Phi) is 3.89. The Bertz CT molecular complexity index is 660. The first-order chi connectivity index (χ1) is 11.2. The number of likely N-dealkylation sites (tertiary alicyclic amines) is 1. The van der Waals surface area contributed by atoms with Crippen LogP contribution in [-0.4, -0.2) is 53.3 Å². The van der Waals surface area contributed by atoms with Gasteiger partial charge in [0.1, 0.15) is 17.1 Å². The van der Waals surface area contributed by atoms with E-state index in [2.05, 4.69) is 10.3 Å². The van der Waals surface area contributed by atoms with Gasteiger partial charge >= 0.3 is 6.09 Å². The third kappa shape index (κ3) is 2.90. The summed E-state index contributed by atoms with van der Waals surface area (Å²) in [6, 6.07) is 3.53. The predicted molar refractivity (Wildman–Crippen MR) is 89.9 cm³/mol. The lowest BCUT2D eigenvalue weighted by atomic mass is 9.92. The minimum atomic E-state index is -0.509. The van der Waals surface area contributed by atoms with Crippen molar-refractivity contribution in [2.24, 2.45) is 0 Å². The zero-order valence-electron chi connectivity index (χ0n) is 14.6. The Labute approximate surface area is 142 Å². The van der Waals surface area contributed by atoms with Crippen molar-refractivity contribution in [2.45, 2.75) is 44.9 Å². The molecule has 0 atom stereocenters. The summed E-state index contributed by atoms with van der Waals surface area (Å²) < 4.78 is 5.43. The second-order valence-electron chi connectivity index (χ2n) is 7.39. The molecule has 1 aromatic rings. The van der Waals surface area contributed by atoms with Crippen molar-refractivity contribution in [3.63, 3.8) is 0 Å². The molecule has 1 fully saturated rings. The highest BCUT2D eigenvalue weighted by Crippen LogP contribution is 2.34. The van der Waals surface area contributed by atoms with Crippen molar-refractivity contribution in [2.75, 3.05) is 25.0 Å². The lowest BCUT2D eigenvalue weighted by Crippen LogP contribution is -2.67. The number of fused-ring (bicyclic) bond motifs is 1. The summed E-state index contributed by atoms with van der Waals surface area (Å²) in [6.07, 6.45) is 2.65. The molecule has 130 valence electrons. The first-order valence-electron chi connectivity index (χ1n) is 8.21. The maximum atomic E-state index is 12.4. The number of ether oxygens (including phenoxy) is 1. The zero-order chi connectivity index (χ0) is 17.5. The summed E-state index contributed by atoms with van der Waals surface area (Å²) in [5, 5.41) is 3.11. The molecule has 2 aliphatic rings. The molecule has 3 heterocycles. The van der Waals surface area contributed by atoms with Crippen molar-refractivity contribution in [3.05, 3.63) is 23.9 Å². The van der Waals surface area contributed by atoms with Gasteiger partial charge < -0.3 is 19.9 Å². The van der Waals surface area contributed by atoms with Gasteiger partial charge in [-0.25, -0.2) is 9.78 Å². The smallest absolute Gasteiger partial charge is 0.410 e. The fourth-order valence-electron chi connectivity index (χ4n) is 3.25. The summed E-state index contributed by atoms with van der Waals surface area (Å²) in [4.78, 5) is 32.7. The molecule has 2 amide bonds. The fourth-order valence-corrected chi connectivity index (χ4v) is 3.25. The van der Waals surface area contributed by atoms with E-state index in [1.54, 1.807) is 23.2 Å². The van der Waals surface area contributed by atoms with Crippen molar-refractivity contribution >= 4 is 17.8 Å². The van der Waals surface area contributed by atoms with Crippen LogP contribution < -0.4 is 10.2 Å². The largest absolute Gasteiger partial charge is 0.444 e. The van der Waals surface area contributed by atoms with Gasteiger partial charge in [-0.15, -0.1) is 0 Å². The minimum Gasteiger partial charge on any atom is -0.444 e. The van der Waals surface area contributed by atoms with Gasteiger partial charge in [0.15, 0.2) is 0 Å². The maximum absolute atomic E-state index is 12.4. The molecular weight excluding hydrogens is 308 g/mol. The van der Waals surface area contributed by atoms with Crippen LogP contribution in [0.25, 0.3) is 0 Å². The van der Waals surface area contributed by atoms with E-state index in [9.17, 15) is 9.59 Å². The SMILES string of the molecule is CN1c2ncccc2C(=O)NC12CCN(C(=O)OC(C)(C)C)CC2. The maximum Gasteiger partial charge on any atom is 0.410 e. The van der Waals surface area contributed by atoms with E-state index in [1.807, 2.05) is 32.7 Å². The van der Waals surface area contributed by atoms with Gasteiger partial charge in [-0.2, -0.15) is 0 Å². The molecule has 0 unspecified atom stereocenters.